The van der Waals surface area contributed by atoms with Crippen molar-refractivity contribution in [1.29, 1.82) is 0 Å². The van der Waals surface area contributed by atoms with Crippen LogP contribution >= 0.6 is 0 Å². The predicted octanol–water partition coefficient (Wildman–Crippen LogP) is 6.11. The van der Waals surface area contributed by atoms with Gasteiger partial charge < -0.3 is 0 Å². The van der Waals surface area contributed by atoms with Gasteiger partial charge in [0.25, 0.3) is 0 Å². The Morgan fingerprint density at radius 1 is 0.812 bits per heavy atom. The Morgan fingerprint density at radius 3 is 1.62 bits per heavy atom. The van der Waals surface area contributed by atoms with Gasteiger partial charge in [0.05, 0.1) is 0 Å². The van der Waals surface area contributed by atoms with Crippen LogP contribution in [0.3, 0.4) is 0 Å². The molecule has 0 unspecified atom stereocenters. The molecule has 1 aromatic carbocycles. The molecule has 0 heterocycles. The molecule has 0 radical (unpaired) electrons. The van der Waals surface area contributed by atoms with E-state index in [9.17, 15) is 0 Å². The first-order chi connectivity index (χ1) is 7.84. The van der Waals surface area contributed by atoms with Gasteiger partial charge in [0.1, 0.15) is 0 Å². The van der Waals surface area contributed by atoms with Crippen LogP contribution in [0, 0.1) is 6.92 Å². The molecule has 0 heteroatoms. The summed E-state index contributed by atoms with van der Waals surface area (Å²) in [5.74, 6) is 0. The molecule has 94 valence electrons. The largest absolute Gasteiger partial charge is 0.0871 e. The zero-order valence-corrected chi connectivity index (χ0v) is 12.5. The average Bonchev–Trinajstić information content (AvgIpc) is 2.40. The highest BCUT2D eigenvalue weighted by molar-refractivity contribution is 5.52. The van der Waals surface area contributed by atoms with E-state index in [1.165, 1.54) is 11.1 Å². The molecule has 0 saturated carbocycles. The molecule has 0 atom stereocenters. The molecule has 0 amide bonds. The Balaban J connectivity index is -0.000000245. The molecule has 0 aliphatic heterocycles. The van der Waals surface area contributed by atoms with Gasteiger partial charge in [0, 0.05) is 0 Å². The number of hydrogen-bond donors (Lipinski definition) is 0. The normalized spacial score (nSPS) is 7.75. The van der Waals surface area contributed by atoms with Gasteiger partial charge in [-0.05, 0) is 25.0 Å². The molecule has 0 aliphatic carbocycles. The standard InChI is InChI=1S/C10H12.3C2H6/c1-3-6-10-8-5-4-7-9(10)2;3*1-2/h3-8H,1-2H3;3*1-2H3/b6-3-;;;. The van der Waals surface area contributed by atoms with E-state index >= 15 is 0 Å². The molecule has 0 spiro atoms. The highest BCUT2D eigenvalue weighted by Crippen LogP contribution is 2.07. The minimum atomic E-state index is 1.31. The van der Waals surface area contributed by atoms with E-state index in [1.54, 1.807) is 0 Å². The number of aryl methyl sites for hydroxylation is 1. The first-order valence-electron chi connectivity index (χ1n) is 6.53. The summed E-state index contributed by atoms with van der Waals surface area (Å²) in [6.07, 6.45) is 4.18. The maximum atomic E-state index is 2.12. The molecule has 0 N–H and O–H groups in total. The van der Waals surface area contributed by atoms with E-state index < -0.39 is 0 Å². The lowest BCUT2D eigenvalue weighted by molar-refractivity contribution is 1.44. The van der Waals surface area contributed by atoms with Crippen molar-refractivity contribution in [2.75, 3.05) is 0 Å². The summed E-state index contributed by atoms with van der Waals surface area (Å²) < 4.78 is 0. The van der Waals surface area contributed by atoms with Crippen molar-refractivity contribution >= 4 is 6.08 Å². The van der Waals surface area contributed by atoms with E-state index in [1.807, 2.05) is 48.5 Å². The van der Waals surface area contributed by atoms with Gasteiger partial charge in [-0.15, -0.1) is 0 Å². The van der Waals surface area contributed by atoms with Crippen LogP contribution in [-0.4, -0.2) is 0 Å². The van der Waals surface area contributed by atoms with Crippen LogP contribution in [0.5, 0.6) is 0 Å². The number of allylic oxidation sites excluding steroid dienone is 1. The van der Waals surface area contributed by atoms with E-state index in [0.717, 1.165) is 0 Å². The van der Waals surface area contributed by atoms with Gasteiger partial charge in [0.2, 0.25) is 0 Å². The molecule has 0 saturated heterocycles. The lowest BCUT2D eigenvalue weighted by Crippen LogP contribution is -1.76. The van der Waals surface area contributed by atoms with Crippen molar-refractivity contribution in [1.82, 2.24) is 0 Å². The second-order valence-corrected chi connectivity index (χ2v) is 2.36. The zero-order valence-electron chi connectivity index (χ0n) is 12.5. The molecule has 0 nitrogen and oxygen atoms in total. The van der Waals surface area contributed by atoms with Crippen molar-refractivity contribution in [3.8, 4) is 0 Å². The van der Waals surface area contributed by atoms with Crippen LogP contribution in [0.15, 0.2) is 30.3 Å². The molecule has 0 bridgehead atoms. The van der Waals surface area contributed by atoms with Gasteiger partial charge in [-0.25, -0.2) is 0 Å². The van der Waals surface area contributed by atoms with Gasteiger partial charge in [-0.2, -0.15) is 0 Å². The van der Waals surface area contributed by atoms with Gasteiger partial charge in [-0.3, -0.25) is 0 Å². The second kappa shape index (κ2) is 19.5. The maximum absolute atomic E-state index is 2.12. The first kappa shape index (κ1) is 20.4. The topological polar surface area (TPSA) is 0 Å². The highest BCUT2D eigenvalue weighted by Gasteiger charge is 1.87. The lowest BCUT2D eigenvalue weighted by Gasteiger charge is -1.96. The minimum Gasteiger partial charge on any atom is -0.0871 e. The van der Waals surface area contributed by atoms with Crippen molar-refractivity contribution in [3.05, 3.63) is 41.5 Å². The van der Waals surface area contributed by atoms with E-state index in [4.69, 9.17) is 0 Å². The van der Waals surface area contributed by atoms with Crippen LogP contribution in [0.1, 0.15) is 59.6 Å². The molecule has 0 aromatic heterocycles. The second-order valence-electron chi connectivity index (χ2n) is 2.36. The number of rotatable bonds is 1. The Kier molecular flexibility index (Phi) is 24.9. The summed E-state index contributed by atoms with van der Waals surface area (Å²) in [6, 6.07) is 8.36. The van der Waals surface area contributed by atoms with Crippen LogP contribution in [0.2, 0.25) is 0 Å². The number of benzene rings is 1. The molecular weight excluding hydrogens is 192 g/mol. The van der Waals surface area contributed by atoms with Crippen molar-refractivity contribution in [3.63, 3.8) is 0 Å². The fourth-order valence-corrected chi connectivity index (χ4v) is 0.953. The average molecular weight is 222 g/mol. The Bertz CT molecular complexity index is 234. The van der Waals surface area contributed by atoms with Crippen LogP contribution in [-0.2, 0) is 0 Å². The van der Waals surface area contributed by atoms with Gasteiger partial charge >= 0.3 is 0 Å². The molecule has 16 heavy (non-hydrogen) atoms. The molecular formula is C16H30. The third-order valence-corrected chi connectivity index (χ3v) is 1.53. The maximum Gasteiger partial charge on any atom is -0.0231 e. The fourth-order valence-electron chi connectivity index (χ4n) is 0.953. The Labute approximate surface area is 103 Å². The zero-order chi connectivity index (χ0) is 13.4. The number of hydrogen-bond acceptors (Lipinski definition) is 0. The Morgan fingerprint density at radius 2 is 1.25 bits per heavy atom. The van der Waals surface area contributed by atoms with E-state index in [2.05, 4.69) is 43.3 Å². The summed E-state index contributed by atoms with van der Waals surface area (Å²) in [6.45, 7) is 16.2. The lowest BCUT2D eigenvalue weighted by atomic mass is 10.1. The fraction of sp³-hybridized carbons (Fsp3) is 0.500. The third kappa shape index (κ3) is 11.0. The summed E-state index contributed by atoms with van der Waals surface area (Å²) in [5, 5.41) is 0. The summed E-state index contributed by atoms with van der Waals surface area (Å²) >= 11 is 0. The highest BCUT2D eigenvalue weighted by atomic mass is 13.9. The van der Waals surface area contributed by atoms with Gasteiger partial charge in [-0.1, -0.05) is 78.0 Å². The monoisotopic (exact) mass is 222 g/mol. The first-order valence-corrected chi connectivity index (χ1v) is 6.53. The van der Waals surface area contributed by atoms with Crippen molar-refractivity contribution < 1.29 is 0 Å². The smallest absolute Gasteiger partial charge is 0.0231 e. The van der Waals surface area contributed by atoms with Crippen LogP contribution in [0.25, 0.3) is 6.08 Å². The van der Waals surface area contributed by atoms with E-state index in [0.29, 0.717) is 0 Å². The molecule has 1 rings (SSSR count). The quantitative estimate of drug-likeness (QED) is 0.538. The summed E-state index contributed by atoms with van der Waals surface area (Å²) in [7, 11) is 0. The minimum absolute atomic E-state index is 1.31. The molecule has 0 aliphatic rings. The SMILES string of the molecule is C/C=C\c1ccccc1C.CC.CC.CC. The van der Waals surface area contributed by atoms with Crippen LogP contribution < -0.4 is 0 Å². The molecule has 0 fully saturated rings. The van der Waals surface area contributed by atoms with E-state index in [-0.39, 0.29) is 0 Å². The molecule has 1 aromatic rings. The predicted molar refractivity (Wildman–Crippen MR) is 79.9 cm³/mol. The summed E-state index contributed by atoms with van der Waals surface area (Å²) in [5.41, 5.74) is 2.64. The van der Waals surface area contributed by atoms with Crippen molar-refractivity contribution in [2.24, 2.45) is 0 Å². The van der Waals surface area contributed by atoms with Crippen molar-refractivity contribution in [2.45, 2.75) is 55.4 Å². The third-order valence-electron chi connectivity index (χ3n) is 1.53. The Hall–Kier alpha value is -1.04. The van der Waals surface area contributed by atoms with Gasteiger partial charge in [0.15, 0.2) is 0 Å². The van der Waals surface area contributed by atoms with Crippen LogP contribution in [0.4, 0.5) is 0 Å². The summed E-state index contributed by atoms with van der Waals surface area (Å²) in [4.78, 5) is 0.